The van der Waals surface area contributed by atoms with Gasteiger partial charge in [-0.05, 0) is 17.8 Å². The molecular formula is C12H27AlO6P3+3. The van der Waals surface area contributed by atoms with Gasteiger partial charge >= 0.3 is 41.4 Å². The van der Waals surface area contributed by atoms with Crippen molar-refractivity contribution >= 4 is 41.4 Å². The zero-order valence-electron chi connectivity index (χ0n) is 14.2. The summed E-state index contributed by atoms with van der Waals surface area (Å²) < 4.78 is 29.5. The molecule has 0 spiro atoms. The predicted octanol–water partition coefficient (Wildman–Crippen LogP) is 1.85. The number of rotatable bonds is 6. The molecule has 0 aliphatic carbocycles. The molecule has 0 heterocycles. The van der Waals surface area contributed by atoms with Crippen LogP contribution in [0.3, 0.4) is 0 Å². The Bertz CT molecular complexity index is 264. The summed E-state index contributed by atoms with van der Waals surface area (Å²) in [5.41, 5.74) is 0. The van der Waals surface area contributed by atoms with Crippen LogP contribution < -0.4 is 14.7 Å². The van der Waals surface area contributed by atoms with Gasteiger partial charge in [-0.2, -0.15) is 0 Å². The third kappa shape index (κ3) is 49.8. The Hall–Kier alpha value is 0.712. The van der Waals surface area contributed by atoms with E-state index < -0.39 is 24.1 Å². The second-order valence-electron chi connectivity index (χ2n) is 5.73. The maximum Gasteiger partial charge on any atom is 3.00 e. The first kappa shape index (κ1) is 30.6. The molecule has 0 aromatic carbocycles. The molecular weight excluding hydrogens is 360 g/mol. The largest absolute Gasteiger partial charge is 3.00 e. The summed E-state index contributed by atoms with van der Waals surface area (Å²) in [6.45, 7) is 11.3. The Morgan fingerprint density at radius 3 is 0.727 bits per heavy atom. The van der Waals surface area contributed by atoms with Crippen molar-refractivity contribution in [3.63, 3.8) is 0 Å². The molecule has 0 aromatic heterocycles. The van der Waals surface area contributed by atoms with Crippen molar-refractivity contribution in [2.24, 2.45) is 17.8 Å². The maximum atomic E-state index is 9.85. The van der Waals surface area contributed by atoms with E-state index in [1.54, 1.807) is 0 Å². The quantitative estimate of drug-likeness (QED) is 0.507. The zero-order valence-corrected chi connectivity index (χ0v) is 18.1. The zero-order chi connectivity index (χ0) is 17.6. The first-order valence-electron chi connectivity index (χ1n) is 6.73. The second kappa shape index (κ2) is 19.8. The number of hydrogen-bond donors (Lipinski definition) is 0. The third-order valence-electron chi connectivity index (χ3n) is 1.54. The maximum absolute atomic E-state index is 9.85. The molecule has 0 aliphatic rings. The van der Waals surface area contributed by atoms with Crippen LogP contribution in [0, 0.1) is 17.8 Å². The fourth-order valence-electron chi connectivity index (χ4n) is 0.894. The van der Waals surface area contributed by atoms with Crippen LogP contribution in [0.5, 0.6) is 0 Å². The van der Waals surface area contributed by atoms with Gasteiger partial charge in [-0.1, -0.05) is 55.2 Å². The third-order valence-corrected chi connectivity index (χ3v) is 4.63. The summed E-state index contributed by atoms with van der Waals surface area (Å²) in [6, 6.07) is 0. The monoisotopic (exact) mass is 387 g/mol. The van der Waals surface area contributed by atoms with Gasteiger partial charge in [0.2, 0.25) is 0 Å². The van der Waals surface area contributed by atoms with Crippen LogP contribution in [-0.4, -0.2) is 35.8 Å². The van der Waals surface area contributed by atoms with Gasteiger partial charge in [0, 0.05) is 0 Å². The Morgan fingerprint density at radius 1 is 0.591 bits per heavy atom. The van der Waals surface area contributed by atoms with Crippen molar-refractivity contribution < 1.29 is 28.4 Å². The molecule has 126 valence electrons. The average molecular weight is 387 g/mol. The van der Waals surface area contributed by atoms with Crippen LogP contribution in [0.15, 0.2) is 0 Å². The van der Waals surface area contributed by atoms with Crippen LogP contribution in [0.1, 0.15) is 41.5 Å². The van der Waals surface area contributed by atoms with Gasteiger partial charge in [-0.25, -0.2) is 0 Å². The molecule has 0 saturated carbocycles. The molecule has 0 fully saturated rings. The van der Waals surface area contributed by atoms with Gasteiger partial charge in [-0.3, -0.25) is 0 Å². The van der Waals surface area contributed by atoms with Crippen LogP contribution >= 0.6 is 24.1 Å². The first-order chi connectivity index (χ1) is 9.38. The van der Waals surface area contributed by atoms with Crippen molar-refractivity contribution in [1.82, 2.24) is 0 Å². The van der Waals surface area contributed by atoms with Gasteiger partial charge in [0.15, 0.2) is 0 Å². The topological polar surface area (TPSA) is 120 Å². The van der Waals surface area contributed by atoms with E-state index in [2.05, 4.69) is 0 Å². The fraction of sp³-hybridized carbons (Fsp3) is 1.00. The summed E-state index contributed by atoms with van der Waals surface area (Å²) >= 11 is 0. The Labute approximate surface area is 147 Å². The van der Waals surface area contributed by atoms with Gasteiger partial charge < -0.3 is 14.7 Å². The van der Waals surface area contributed by atoms with E-state index in [0.29, 0.717) is 18.5 Å². The molecule has 0 aliphatic heterocycles. The molecule has 0 amide bonds. The smallest absolute Gasteiger partial charge is 0.596 e. The van der Waals surface area contributed by atoms with Crippen LogP contribution in [0.2, 0.25) is 0 Å². The van der Waals surface area contributed by atoms with E-state index in [0.717, 1.165) is 0 Å². The van der Waals surface area contributed by atoms with E-state index in [1.165, 1.54) is 0 Å². The summed E-state index contributed by atoms with van der Waals surface area (Å²) in [5, 5.41) is 0. The second-order valence-corrected chi connectivity index (χ2v) is 8.82. The summed E-state index contributed by atoms with van der Waals surface area (Å²) in [6.07, 6.45) is 0.944. The van der Waals surface area contributed by atoms with E-state index in [-0.39, 0.29) is 35.1 Å². The van der Waals surface area contributed by atoms with Crippen LogP contribution in [0.4, 0.5) is 0 Å². The van der Waals surface area contributed by atoms with Gasteiger partial charge in [0.25, 0.3) is 0 Å². The first-order valence-corrected chi connectivity index (χ1v) is 10.8. The number of hydrogen-bond acceptors (Lipinski definition) is 6. The normalized spacial score (nSPS) is 11.7. The SMILES string of the molecule is CC(C)C[P+](=O)[O-].CC(C)C[P+](=O)[O-].CC(C)C[P+](=O)[O-].[Al+3]. The summed E-state index contributed by atoms with van der Waals surface area (Å²) in [4.78, 5) is 29.5. The molecule has 22 heavy (non-hydrogen) atoms. The van der Waals surface area contributed by atoms with Crippen molar-refractivity contribution in [3.05, 3.63) is 0 Å². The minimum absolute atomic E-state index is 0. The van der Waals surface area contributed by atoms with E-state index >= 15 is 0 Å². The summed E-state index contributed by atoms with van der Waals surface area (Å²) in [5.74, 6) is 0.836. The van der Waals surface area contributed by atoms with Crippen LogP contribution in [0.25, 0.3) is 0 Å². The molecule has 0 radical (unpaired) electrons. The van der Waals surface area contributed by atoms with Crippen molar-refractivity contribution in [2.45, 2.75) is 41.5 Å². The van der Waals surface area contributed by atoms with E-state index in [1.807, 2.05) is 41.5 Å². The molecule has 3 atom stereocenters. The molecule has 0 N–H and O–H groups in total. The molecule has 0 saturated heterocycles. The van der Waals surface area contributed by atoms with Crippen LogP contribution in [-0.2, 0) is 13.7 Å². The Balaban J connectivity index is -0.000000108. The standard InChI is InChI=1S/3C4H9O2P.Al/c3*1-4(2)3-7(5)6;/h3*4H,3H2,1-2H3;/q;;;+3. The predicted molar refractivity (Wildman–Crippen MR) is 87.7 cm³/mol. The average Bonchev–Trinajstić information content (AvgIpc) is 2.10. The molecule has 6 nitrogen and oxygen atoms in total. The molecule has 10 heteroatoms. The van der Waals surface area contributed by atoms with Crippen molar-refractivity contribution in [3.8, 4) is 0 Å². The van der Waals surface area contributed by atoms with Gasteiger partial charge in [0.1, 0.15) is 18.5 Å². The van der Waals surface area contributed by atoms with Crippen molar-refractivity contribution in [1.29, 1.82) is 0 Å². The van der Waals surface area contributed by atoms with Crippen molar-refractivity contribution in [2.75, 3.05) is 18.5 Å². The molecule has 0 bridgehead atoms. The Kier molecular flexibility index (Phi) is 27.5. The minimum Gasteiger partial charge on any atom is -0.596 e. The van der Waals surface area contributed by atoms with E-state index in [9.17, 15) is 28.4 Å². The minimum atomic E-state index is -2.14. The van der Waals surface area contributed by atoms with E-state index in [4.69, 9.17) is 0 Å². The molecule has 3 unspecified atom stereocenters. The van der Waals surface area contributed by atoms with Gasteiger partial charge in [0.05, 0.1) is 0 Å². The van der Waals surface area contributed by atoms with Gasteiger partial charge in [-0.15, -0.1) is 0 Å². The summed E-state index contributed by atoms with van der Waals surface area (Å²) in [7, 11) is -6.42. The molecule has 0 rings (SSSR count). The molecule has 0 aromatic rings. The fourth-order valence-corrected chi connectivity index (χ4v) is 2.68. The Morgan fingerprint density at radius 2 is 0.727 bits per heavy atom.